The lowest BCUT2D eigenvalue weighted by molar-refractivity contribution is -0.144. The Morgan fingerprint density at radius 3 is 2.65 bits per heavy atom. The minimum atomic E-state index is -0.424. The topological polar surface area (TPSA) is 52.6 Å². The molecule has 0 unspecified atom stereocenters. The second-order valence-electron chi connectivity index (χ2n) is 4.57. The summed E-state index contributed by atoms with van der Waals surface area (Å²) >= 11 is 1.43. The molecule has 0 bridgehead atoms. The zero-order valence-corrected chi connectivity index (χ0v) is 12.5. The van der Waals surface area contributed by atoms with Gasteiger partial charge in [-0.15, -0.1) is 11.3 Å². The van der Waals surface area contributed by atoms with E-state index in [4.69, 9.17) is 4.74 Å². The van der Waals surface area contributed by atoms with Crippen LogP contribution in [0, 0.1) is 5.92 Å². The standard InChI is InChI=1S/C15H16O4S/c1-9(15(17)19-3)6-12(16)14-8-10-7-11(18-2)4-5-13(10)20-14/h4-5,7-9H,6H2,1-3H3/t9-/m0/s1. The molecule has 106 valence electrons. The van der Waals surface area contributed by atoms with Crippen molar-refractivity contribution < 1.29 is 19.1 Å². The molecule has 0 aliphatic carbocycles. The smallest absolute Gasteiger partial charge is 0.308 e. The van der Waals surface area contributed by atoms with Gasteiger partial charge in [0.15, 0.2) is 5.78 Å². The number of methoxy groups -OCH3 is 2. The van der Waals surface area contributed by atoms with Crippen LogP contribution in [-0.4, -0.2) is 26.0 Å². The highest BCUT2D eigenvalue weighted by Crippen LogP contribution is 2.30. The van der Waals surface area contributed by atoms with Crippen molar-refractivity contribution >= 4 is 33.2 Å². The zero-order chi connectivity index (χ0) is 14.7. The summed E-state index contributed by atoms with van der Waals surface area (Å²) in [6, 6.07) is 7.53. The lowest BCUT2D eigenvalue weighted by Gasteiger charge is -2.06. The Morgan fingerprint density at radius 2 is 2.00 bits per heavy atom. The predicted octanol–water partition coefficient (Wildman–Crippen LogP) is 3.29. The first kappa shape index (κ1) is 14.5. The van der Waals surface area contributed by atoms with E-state index in [9.17, 15) is 9.59 Å². The Labute approximate surface area is 121 Å². The maximum atomic E-state index is 12.2. The van der Waals surface area contributed by atoms with E-state index < -0.39 is 5.92 Å². The third-order valence-electron chi connectivity index (χ3n) is 3.09. The third kappa shape index (κ3) is 2.99. The summed E-state index contributed by atoms with van der Waals surface area (Å²) in [4.78, 5) is 24.2. The van der Waals surface area contributed by atoms with Crippen molar-refractivity contribution in [1.29, 1.82) is 0 Å². The summed E-state index contributed by atoms with van der Waals surface area (Å²) in [6.07, 6.45) is 0.163. The average Bonchev–Trinajstić information content (AvgIpc) is 2.88. The van der Waals surface area contributed by atoms with Crippen LogP contribution in [0.3, 0.4) is 0 Å². The van der Waals surface area contributed by atoms with Gasteiger partial charge in [-0.1, -0.05) is 6.92 Å². The van der Waals surface area contributed by atoms with Gasteiger partial charge in [0, 0.05) is 11.1 Å². The highest BCUT2D eigenvalue weighted by molar-refractivity contribution is 7.20. The number of esters is 1. The van der Waals surface area contributed by atoms with Gasteiger partial charge in [0.2, 0.25) is 0 Å². The Bertz CT molecular complexity index is 644. The van der Waals surface area contributed by atoms with Gasteiger partial charge in [0.25, 0.3) is 0 Å². The molecule has 0 saturated heterocycles. The molecule has 0 N–H and O–H groups in total. The fourth-order valence-electron chi connectivity index (χ4n) is 1.95. The van der Waals surface area contributed by atoms with E-state index in [1.54, 1.807) is 14.0 Å². The van der Waals surface area contributed by atoms with E-state index >= 15 is 0 Å². The van der Waals surface area contributed by atoms with Crippen molar-refractivity contribution in [1.82, 2.24) is 0 Å². The normalized spacial score (nSPS) is 12.2. The van der Waals surface area contributed by atoms with Gasteiger partial charge in [-0.3, -0.25) is 9.59 Å². The summed E-state index contributed by atoms with van der Waals surface area (Å²) in [5.41, 5.74) is 0. The van der Waals surface area contributed by atoms with Crippen molar-refractivity contribution in [3.05, 3.63) is 29.1 Å². The summed E-state index contributed by atoms with van der Waals surface area (Å²) in [6.45, 7) is 1.69. The molecule has 1 heterocycles. The molecule has 0 amide bonds. The first-order chi connectivity index (χ1) is 9.55. The molecular formula is C15H16O4S. The molecule has 0 aliphatic heterocycles. The van der Waals surface area contributed by atoms with Gasteiger partial charge in [-0.2, -0.15) is 0 Å². The number of benzene rings is 1. The SMILES string of the molecule is COC(=O)[C@@H](C)CC(=O)c1cc2cc(OC)ccc2s1. The molecule has 0 saturated carbocycles. The van der Waals surface area contributed by atoms with Crippen LogP contribution in [0.4, 0.5) is 0 Å². The number of ketones is 1. The Morgan fingerprint density at radius 1 is 1.25 bits per heavy atom. The molecule has 4 nitrogen and oxygen atoms in total. The van der Waals surface area contributed by atoms with Gasteiger partial charge >= 0.3 is 5.97 Å². The van der Waals surface area contributed by atoms with E-state index in [-0.39, 0.29) is 18.2 Å². The molecule has 2 aromatic rings. The van der Waals surface area contributed by atoms with E-state index in [2.05, 4.69) is 4.74 Å². The van der Waals surface area contributed by atoms with E-state index in [0.29, 0.717) is 4.88 Å². The van der Waals surface area contributed by atoms with E-state index in [1.165, 1.54) is 18.4 Å². The lowest BCUT2D eigenvalue weighted by Crippen LogP contribution is -2.16. The van der Waals surface area contributed by atoms with Crippen LogP contribution < -0.4 is 4.74 Å². The summed E-state index contributed by atoms with van der Waals surface area (Å²) in [5.74, 6) is -0.0614. The van der Waals surface area contributed by atoms with Gasteiger partial charge in [-0.25, -0.2) is 0 Å². The van der Waals surface area contributed by atoms with Crippen LogP contribution in [0.1, 0.15) is 23.0 Å². The monoisotopic (exact) mass is 292 g/mol. The van der Waals surface area contributed by atoms with Crippen molar-refractivity contribution in [3.63, 3.8) is 0 Å². The molecule has 0 radical (unpaired) electrons. The molecule has 0 aliphatic rings. The van der Waals surface area contributed by atoms with Crippen LogP contribution in [0.5, 0.6) is 5.75 Å². The number of carbonyl (C=O) groups excluding carboxylic acids is 2. The van der Waals surface area contributed by atoms with Crippen LogP contribution in [0.2, 0.25) is 0 Å². The maximum Gasteiger partial charge on any atom is 0.308 e. The first-order valence-corrected chi connectivity index (χ1v) is 7.05. The van der Waals surface area contributed by atoms with Gasteiger partial charge < -0.3 is 9.47 Å². The van der Waals surface area contributed by atoms with Crippen molar-refractivity contribution in [3.8, 4) is 5.75 Å². The molecule has 1 aromatic heterocycles. The number of ether oxygens (including phenoxy) is 2. The van der Waals surface area contributed by atoms with Crippen molar-refractivity contribution in [2.24, 2.45) is 5.92 Å². The molecular weight excluding hydrogens is 276 g/mol. The van der Waals surface area contributed by atoms with E-state index in [1.807, 2.05) is 24.3 Å². The quantitative estimate of drug-likeness (QED) is 0.627. The van der Waals surface area contributed by atoms with Crippen LogP contribution >= 0.6 is 11.3 Å². The Hall–Kier alpha value is -1.88. The van der Waals surface area contributed by atoms with Gasteiger partial charge in [0.1, 0.15) is 5.75 Å². The number of Topliss-reactive ketones (excluding diaryl/α,β-unsaturated/α-hetero) is 1. The van der Waals surface area contributed by atoms with Crippen LogP contribution in [0.15, 0.2) is 24.3 Å². The van der Waals surface area contributed by atoms with Gasteiger partial charge in [-0.05, 0) is 29.7 Å². The van der Waals surface area contributed by atoms with Gasteiger partial charge in [0.05, 0.1) is 25.0 Å². The molecule has 5 heteroatoms. The first-order valence-electron chi connectivity index (χ1n) is 6.23. The number of hydrogen-bond donors (Lipinski definition) is 0. The summed E-state index contributed by atoms with van der Waals surface area (Å²) in [7, 11) is 2.94. The number of thiophene rings is 1. The van der Waals surface area contributed by atoms with Crippen molar-refractivity contribution in [2.75, 3.05) is 14.2 Å². The minimum absolute atomic E-state index is 0.0388. The molecule has 0 spiro atoms. The zero-order valence-electron chi connectivity index (χ0n) is 11.6. The lowest BCUT2D eigenvalue weighted by atomic mass is 10.0. The summed E-state index contributed by atoms with van der Waals surface area (Å²) in [5, 5.41) is 0.975. The summed E-state index contributed by atoms with van der Waals surface area (Å²) < 4.78 is 10.8. The number of rotatable bonds is 5. The second-order valence-corrected chi connectivity index (χ2v) is 5.65. The average molecular weight is 292 g/mol. The maximum absolute atomic E-state index is 12.2. The highest BCUT2D eigenvalue weighted by atomic mass is 32.1. The minimum Gasteiger partial charge on any atom is -0.497 e. The molecule has 2 rings (SSSR count). The van der Waals surface area contributed by atoms with E-state index in [0.717, 1.165) is 15.8 Å². The predicted molar refractivity (Wildman–Crippen MR) is 78.5 cm³/mol. The largest absolute Gasteiger partial charge is 0.497 e. The molecule has 1 atom stereocenters. The molecule has 1 aromatic carbocycles. The fraction of sp³-hybridized carbons (Fsp3) is 0.333. The third-order valence-corrected chi connectivity index (χ3v) is 4.25. The highest BCUT2D eigenvalue weighted by Gasteiger charge is 2.20. The number of hydrogen-bond acceptors (Lipinski definition) is 5. The number of carbonyl (C=O) groups is 2. The second kappa shape index (κ2) is 6.05. The molecule has 20 heavy (non-hydrogen) atoms. The van der Waals surface area contributed by atoms with Crippen LogP contribution in [-0.2, 0) is 9.53 Å². The Kier molecular flexibility index (Phi) is 4.39. The fourth-order valence-corrected chi connectivity index (χ4v) is 2.94. The van der Waals surface area contributed by atoms with Crippen molar-refractivity contribution in [2.45, 2.75) is 13.3 Å². The van der Waals surface area contributed by atoms with Crippen LogP contribution in [0.25, 0.3) is 10.1 Å². The Balaban J connectivity index is 2.20. The molecule has 0 fully saturated rings. The number of fused-ring (bicyclic) bond motifs is 1.